The van der Waals surface area contributed by atoms with Gasteiger partial charge in [0.25, 0.3) is 5.89 Å². The number of carbonyl (C=O) groups is 1. The van der Waals surface area contributed by atoms with E-state index in [9.17, 15) is 9.90 Å². The molecule has 0 atom stereocenters. The third kappa shape index (κ3) is 2.90. The molecule has 100 valence electrons. The van der Waals surface area contributed by atoms with Gasteiger partial charge in [0, 0.05) is 11.5 Å². The minimum atomic E-state index is -1.15. The van der Waals surface area contributed by atoms with Crippen LogP contribution in [0.3, 0.4) is 0 Å². The predicted octanol–water partition coefficient (Wildman–Crippen LogP) is 2.59. The van der Waals surface area contributed by atoms with E-state index in [-0.39, 0.29) is 16.9 Å². The molecule has 0 saturated carbocycles. The summed E-state index contributed by atoms with van der Waals surface area (Å²) in [4.78, 5) is 11.2. The van der Waals surface area contributed by atoms with Gasteiger partial charge in [-0.3, -0.25) is 0 Å². The second kappa shape index (κ2) is 4.72. The minimum absolute atomic E-state index is 0.0335. The summed E-state index contributed by atoms with van der Waals surface area (Å²) in [7, 11) is 0. The van der Waals surface area contributed by atoms with Crippen molar-refractivity contribution in [1.82, 2.24) is 10.2 Å². The smallest absolute Gasteiger partial charge is 0.341 e. The van der Waals surface area contributed by atoms with Crippen molar-refractivity contribution < 1.29 is 18.7 Å². The highest BCUT2D eigenvalue weighted by Crippen LogP contribution is 2.24. The highest BCUT2D eigenvalue weighted by molar-refractivity contribution is 6.18. The van der Waals surface area contributed by atoms with Crippen molar-refractivity contribution in [1.29, 1.82) is 0 Å². The van der Waals surface area contributed by atoms with Crippen molar-refractivity contribution in [2.45, 2.75) is 26.2 Å². The molecule has 0 radical (unpaired) electrons. The van der Waals surface area contributed by atoms with E-state index in [1.54, 1.807) is 12.1 Å². The molecule has 0 aromatic carbocycles. The van der Waals surface area contributed by atoms with Gasteiger partial charge in [0.1, 0.15) is 11.3 Å². The fraction of sp³-hybridized carbons (Fsp3) is 0.308. The summed E-state index contributed by atoms with van der Waals surface area (Å²) < 4.78 is 10.5. The molecule has 0 unspecified atom stereocenters. The van der Waals surface area contributed by atoms with Gasteiger partial charge in [0.2, 0.25) is 5.89 Å². The van der Waals surface area contributed by atoms with Crippen molar-refractivity contribution in [3.8, 4) is 0 Å². The number of rotatable bonds is 3. The summed E-state index contributed by atoms with van der Waals surface area (Å²) >= 11 is 0. The van der Waals surface area contributed by atoms with E-state index in [4.69, 9.17) is 8.83 Å². The molecule has 0 aliphatic carbocycles. The molecule has 0 saturated heterocycles. The van der Waals surface area contributed by atoms with Gasteiger partial charge in [-0.1, -0.05) is 20.8 Å². The quantitative estimate of drug-likeness (QED) is 0.855. The van der Waals surface area contributed by atoms with E-state index in [0.717, 1.165) is 0 Å². The fourth-order valence-corrected chi connectivity index (χ4v) is 1.37. The van der Waals surface area contributed by atoms with Crippen LogP contribution in [0.25, 0.3) is 11.6 Å². The Balaban J connectivity index is 2.41. The molecule has 0 spiro atoms. The number of carboxylic acid groups (broad SMARTS) is 1. The Morgan fingerprint density at radius 2 is 2.11 bits per heavy atom. The highest BCUT2D eigenvalue weighted by Gasteiger charge is 2.25. The standard InChI is InChI=1S/C13H14N2O4/c1-13(2,3)12-15-14-10(19-12)9(11(16)17)7-8-5-4-6-18-8/h4-7H,1-3H3,(H,16,17)/b9-7-. The van der Waals surface area contributed by atoms with Crippen molar-refractivity contribution in [2.75, 3.05) is 0 Å². The van der Waals surface area contributed by atoms with Crippen LogP contribution in [0.15, 0.2) is 27.2 Å². The first-order chi connectivity index (χ1) is 8.88. The van der Waals surface area contributed by atoms with E-state index in [1.165, 1.54) is 12.3 Å². The summed E-state index contributed by atoms with van der Waals surface area (Å²) in [6, 6.07) is 3.31. The molecule has 2 aromatic rings. The topological polar surface area (TPSA) is 89.4 Å². The van der Waals surface area contributed by atoms with E-state index < -0.39 is 5.97 Å². The Hall–Kier alpha value is -2.37. The molecule has 0 fully saturated rings. The Morgan fingerprint density at radius 3 is 2.58 bits per heavy atom. The molecule has 2 rings (SSSR count). The Labute approximate surface area is 109 Å². The summed E-state index contributed by atoms with van der Waals surface area (Å²) in [6.45, 7) is 5.71. The lowest BCUT2D eigenvalue weighted by molar-refractivity contribution is -0.130. The average Bonchev–Trinajstić information content (AvgIpc) is 2.95. The van der Waals surface area contributed by atoms with E-state index in [2.05, 4.69) is 10.2 Å². The van der Waals surface area contributed by atoms with Crippen molar-refractivity contribution in [2.24, 2.45) is 0 Å². The Kier molecular flexibility index (Phi) is 3.25. The number of aromatic nitrogens is 2. The number of furan rings is 1. The molecule has 2 heterocycles. The zero-order chi connectivity index (χ0) is 14.0. The van der Waals surface area contributed by atoms with Crippen LogP contribution >= 0.6 is 0 Å². The molecule has 1 N–H and O–H groups in total. The van der Waals surface area contributed by atoms with Gasteiger partial charge < -0.3 is 13.9 Å². The van der Waals surface area contributed by atoms with Crippen LogP contribution in [0.1, 0.15) is 38.3 Å². The number of hydrogen-bond donors (Lipinski definition) is 1. The lowest BCUT2D eigenvalue weighted by atomic mass is 9.97. The van der Waals surface area contributed by atoms with Gasteiger partial charge in [0.15, 0.2) is 0 Å². The molecule has 0 aliphatic heterocycles. The van der Waals surface area contributed by atoms with Gasteiger partial charge in [-0.2, -0.15) is 0 Å². The van der Waals surface area contributed by atoms with Gasteiger partial charge in [0.05, 0.1) is 6.26 Å². The van der Waals surface area contributed by atoms with Crippen LogP contribution in [0, 0.1) is 0 Å². The molecule has 6 nitrogen and oxygen atoms in total. The summed E-state index contributed by atoms with van der Waals surface area (Å²) in [5.41, 5.74) is -0.433. The maximum atomic E-state index is 11.2. The molecule has 2 aromatic heterocycles. The predicted molar refractivity (Wildman–Crippen MR) is 67.2 cm³/mol. The van der Waals surface area contributed by atoms with Crippen LogP contribution in [-0.2, 0) is 10.2 Å². The van der Waals surface area contributed by atoms with E-state index >= 15 is 0 Å². The van der Waals surface area contributed by atoms with Gasteiger partial charge in [-0.15, -0.1) is 10.2 Å². The first kappa shape index (κ1) is 13.1. The van der Waals surface area contributed by atoms with Crippen molar-refractivity contribution >= 4 is 17.6 Å². The first-order valence-electron chi connectivity index (χ1n) is 5.71. The summed E-state index contributed by atoms with van der Waals surface area (Å²) in [6.07, 6.45) is 2.81. The largest absolute Gasteiger partial charge is 0.477 e. The van der Waals surface area contributed by atoms with Gasteiger partial charge in [-0.25, -0.2) is 4.79 Å². The minimum Gasteiger partial charge on any atom is -0.477 e. The number of aliphatic carboxylic acids is 1. The van der Waals surface area contributed by atoms with Crippen LogP contribution in [0.2, 0.25) is 0 Å². The normalized spacial score (nSPS) is 12.7. The van der Waals surface area contributed by atoms with Crippen LogP contribution in [0.5, 0.6) is 0 Å². The Bertz CT molecular complexity index is 603. The lowest BCUT2D eigenvalue weighted by Crippen LogP contribution is -2.11. The number of carboxylic acids is 1. The van der Waals surface area contributed by atoms with E-state index in [0.29, 0.717) is 11.7 Å². The first-order valence-corrected chi connectivity index (χ1v) is 5.71. The highest BCUT2D eigenvalue weighted by atomic mass is 16.4. The summed E-state index contributed by atoms with van der Waals surface area (Å²) in [5.74, 6) is -0.392. The number of nitrogens with zero attached hydrogens (tertiary/aromatic N) is 2. The average molecular weight is 262 g/mol. The third-order valence-corrected chi connectivity index (χ3v) is 2.36. The zero-order valence-electron chi connectivity index (χ0n) is 10.9. The second-order valence-electron chi connectivity index (χ2n) is 5.04. The van der Waals surface area contributed by atoms with Crippen LogP contribution < -0.4 is 0 Å². The molecule has 0 bridgehead atoms. The molecule has 0 amide bonds. The van der Waals surface area contributed by atoms with Gasteiger partial charge in [-0.05, 0) is 12.1 Å². The van der Waals surface area contributed by atoms with Crippen molar-refractivity contribution in [3.63, 3.8) is 0 Å². The maximum absolute atomic E-state index is 11.2. The maximum Gasteiger partial charge on any atom is 0.341 e. The third-order valence-electron chi connectivity index (χ3n) is 2.36. The van der Waals surface area contributed by atoms with Crippen LogP contribution in [-0.4, -0.2) is 21.3 Å². The summed E-state index contributed by atoms with van der Waals surface area (Å²) in [5, 5.41) is 16.8. The zero-order valence-corrected chi connectivity index (χ0v) is 10.9. The van der Waals surface area contributed by atoms with Gasteiger partial charge >= 0.3 is 5.97 Å². The molecular weight excluding hydrogens is 248 g/mol. The van der Waals surface area contributed by atoms with Crippen LogP contribution in [0.4, 0.5) is 0 Å². The monoisotopic (exact) mass is 262 g/mol. The fourth-order valence-electron chi connectivity index (χ4n) is 1.37. The molecule has 0 aliphatic rings. The lowest BCUT2D eigenvalue weighted by Gasteiger charge is -2.10. The SMILES string of the molecule is CC(C)(C)c1nnc(/C(=C/c2ccco2)C(=O)O)o1. The molecule has 19 heavy (non-hydrogen) atoms. The molecular formula is C13H14N2O4. The second-order valence-corrected chi connectivity index (χ2v) is 5.04. The van der Waals surface area contributed by atoms with Crippen molar-refractivity contribution in [3.05, 3.63) is 35.9 Å². The Morgan fingerprint density at radius 1 is 1.37 bits per heavy atom. The number of hydrogen-bond acceptors (Lipinski definition) is 5. The molecule has 6 heteroatoms. The van der Waals surface area contributed by atoms with E-state index in [1.807, 2.05) is 20.8 Å².